The van der Waals surface area contributed by atoms with Gasteiger partial charge in [0.1, 0.15) is 6.04 Å². The Kier molecular flexibility index (Phi) is 3.15. The molecule has 4 heteroatoms. The Hall–Kier alpha value is -1.50. The van der Waals surface area contributed by atoms with Gasteiger partial charge in [0, 0.05) is 0 Å². The molecule has 1 aliphatic carbocycles. The van der Waals surface area contributed by atoms with Crippen LogP contribution in [0.15, 0.2) is 22.1 Å². The maximum Gasteiger partial charge on any atom is 0.235 e. The number of rotatable bonds is 2. The predicted molar refractivity (Wildman–Crippen MR) is 42.2 cm³/mol. The fourth-order valence-electron chi connectivity index (χ4n) is 1.20. The zero-order valence-electron chi connectivity index (χ0n) is 6.43. The molecule has 1 aliphatic rings. The van der Waals surface area contributed by atoms with Crippen LogP contribution in [0.2, 0.25) is 0 Å². The second-order valence-electron chi connectivity index (χ2n) is 2.50. The molecule has 0 aliphatic heterocycles. The summed E-state index contributed by atoms with van der Waals surface area (Å²) in [4.78, 5) is 27.0. The molecule has 4 nitrogen and oxygen atoms in total. The van der Waals surface area contributed by atoms with Gasteiger partial charge in [-0.05, 0) is 12.8 Å². The summed E-state index contributed by atoms with van der Waals surface area (Å²) in [5, 5.41) is 0. The van der Waals surface area contributed by atoms with Crippen molar-refractivity contribution in [2.45, 2.75) is 24.9 Å². The average molecular weight is 164 g/mol. The van der Waals surface area contributed by atoms with Gasteiger partial charge in [0.25, 0.3) is 0 Å². The third-order valence-corrected chi connectivity index (χ3v) is 1.78. The average Bonchev–Trinajstić information content (AvgIpc) is 2.09. The summed E-state index contributed by atoms with van der Waals surface area (Å²) in [6.45, 7) is 0. The molecule has 12 heavy (non-hydrogen) atoms. The molecule has 0 saturated heterocycles. The van der Waals surface area contributed by atoms with Crippen LogP contribution in [0, 0.1) is 0 Å². The third kappa shape index (κ3) is 1.99. The Morgan fingerprint density at radius 3 is 2.67 bits per heavy atom. The van der Waals surface area contributed by atoms with Crippen LogP contribution in [0.25, 0.3) is 0 Å². The lowest BCUT2D eigenvalue weighted by molar-refractivity contribution is 0.514. The summed E-state index contributed by atoms with van der Waals surface area (Å²) in [5.41, 5.74) is 0. The van der Waals surface area contributed by atoms with Gasteiger partial charge in [-0.2, -0.15) is 9.98 Å². The molecule has 0 spiro atoms. The molecule has 2 unspecified atom stereocenters. The van der Waals surface area contributed by atoms with Gasteiger partial charge in [-0.15, -0.1) is 0 Å². The van der Waals surface area contributed by atoms with E-state index >= 15 is 0 Å². The van der Waals surface area contributed by atoms with E-state index in [-0.39, 0.29) is 12.1 Å². The number of aliphatic imine (C=N–C) groups is 2. The van der Waals surface area contributed by atoms with Crippen molar-refractivity contribution in [3.05, 3.63) is 12.2 Å². The zero-order chi connectivity index (χ0) is 8.81. The molecule has 0 saturated carbocycles. The first-order valence-corrected chi connectivity index (χ1v) is 3.69. The van der Waals surface area contributed by atoms with Crippen molar-refractivity contribution in [2.75, 3.05) is 0 Å². The van der Waals surface area contributed by atoms with Crippen LogP contribution in [-0.2, 0) is 9.59 Å². The van der Waals surface area contributed by atoms with Crippen molar-refractivity contribution >= 4 is 12.2 Å². The van der Waals surface area contributed by atoms with Crippen molar-refractivity contribution in [3.8, 4) is 0 Å². The number of isocyanates is 2. The van der Waals surface area contributed by atoms with Gasteiger partial charge in [0.2, 0.25) is 12.2 Å². The summed E-state index contributed by atoms with van der Waals surface area (Å²) in [6.07, 6.45) is 8.22. The standard InChI is InChI=1S/C8H8N2O2/c11-5-9-7-3-1-2-4-8(7)10-6-12/h1,3,7-8H,2,4H2. The molecule has 0 aromatic heterocycles. The van der Waals surface area contributed by atoms with Crippen LogP contribution < -0.4 is 0 Å². The smallest absolute Gasteiger partial charge is 0.211 e. The van der Waals surface area contributed by atoms with Crippen molar-refractivity contribution in [1.29, 1.82) is 0 Å². The molecule has 0 fully saturated rings. The Labute approximate surface area is 69.7 Å². The van der Waals surface area contributed by atoms with E-state index in [4.69, 9.17) is 0 Å². The Balaban J connectivity index is 2.77. The topological polar surface area (TPSA) is 58.9 Å². The van der Waals surface area contributed by atoms with Crippen LogP contribution in [-0.4, -0.2) is 24.2 Å². The number of carbonyl (C=O) groups excluding carboxylic acids is 2. The second kappa shape index (κ2) is 4.39. The molecule has 0 aromatic carbocycles. The molecule has 0 N–H and O–H groups in total. The highest BCUT2D eigenvalue weighted by Gasteiger charge is 2.19. The Morgan fingerprint density at radius 2 is 2.00 bits per heavy atom. The van der Waals surface area contributed by atoms with Crippen molar-refractivity contribution in [2.24, 2.45) is 9.98 Å². The minimum atomic E-state index is -0.322. The van der Waals surface area contributed by atoms with Gasteiger partial charge >= 0.3 is 0 Å². The summed E-state index contributed by atoms with van der Waals surface area (Å²) < 4.78 is 0. The van der Waals surface area contributed by atoms with Crippen molar-refractivity contribution in [1.82, 2.24) is 0 Å². The lowest BCUT2D eigenvalue weighted by Crippen LogP contribution is -2.22. The Morgan fingerprint density at radius 1 is 1.25 bits per heavy atom. The maximum atomic E-state index is 9.97. The summed E-state index contributed by atoms with van der Waals surface area (Å²) >= 11 is 0. The molecule has 1 rings (SSSR count). The molecule has 0 aromatic rings. The van der Waals surface area contributed by atoms with E-state index in [1.807, 2.05) is 6.08 Å². The van der Waals surface area contributed by atoms with E-state index < -0.39 is 0 Å². The van der Waals surface area contributed by atoms with E-state index in [0.29, 0.717) is 0 Å². The molecule has 0 bridgehead atoms. The van der Waals surface area contributed by atoms with E-state index in [0.717, 1.165) is 12.8 Å². The van der Waals surface area contributed by atoms with Crippen LogP contribution in [0.3, 0.4) is 0 Å². The lowest BCUT2D eigenvalue weighted by atomic mass is 9.98. The monoisotopic (exact) mass is 164 g/mol. The SMILES string of the molecule is O=C=NC1C=CCCC1N=C=O. The minimum Gasteiger partial charge on any atom is -0.211 e. The van der Waals surface area contributed by atoms with Crippen molar-refractivity contribution in [3.63, 3.8) is 0 Å². The van der Waals surface area contributed by atoms with Gasteiger partial charge in [-0.25, -0.2) is 9.59 Å². The highest BCUT2D eigenvalue weighted by atomic mass is 16.1. The van der Waals surface area contributed by atoms with E-state index in [2.05, 4.69) is 9.98 Å². The number of hydrogen-bond donors (Lipinski definition) is 0. The number of hydrogen-bond acceptors (Lipinski definition) is 4. The first-order chi connectivity index (χ1) is 5.88. The number of nitrogens with zero attached hydrogens (tertiary/aromatic N) is 2. The van der Waals surface area contributed by atoms with Gasteiger partial charge in [-0.1, -0.05) is 12.2 Å². The van der Waals surface area contributed by atoms with Crippen LogP contribution in [0.1, 0.15) is 12.8 Å². The minimum absolute atomic E-state index is 0.228. The number of allylic oxidation sites excluding steroid dienone is 1. The Bertz CT molecular complexity index is 273. The van der Waals surface area contributed by atoms with Crippen LogP contribution in [0.4, 0.5) is 0 Å². The highest BCUT2D eigenvalue weighted by Crippen LogP contribution is 2.16. The maximum absolute atomic E-state index is 9.97. The molecule has 0 heterocycles. The van der Waals surface area contributed by atoms with Gasteiger partial charge < -0.3 is 0 Å². The summed E-state index contributed by atoms with van der Waals surface area (Å²) in [6, 6.07) is -0.549. The lowest BCUT2D eigenvalue weighted by Gasteiger charge is -2.17. The fraction of sp³-hybridized carbons (Fsp3) is 0.500. The first-order valence-electron chi connectivity index (χ1n) is 3.69. The van der Waals surface area contributed by atoms with Gasteiger partial charge in [-0.3, -0.25) is 0 Å². The predicted octanol–water partition coefficient (Wildman–Crippen LogP) is 0.745. The van der Waals surface area contributed by atoms with E-state index in [1.165, 1.54) is 12.2 Å². The molecule has 0 amide bonds. The van der Waals surface area contributed by atoms with Gasteiger partial charge in [0.15, 0.2) is 0 Å². The van der Waals surface area contributed by atoms with Crippen LogP contribution in [0.5, 0.6) is 0 Å². The normalized spacial score (nSPS) is 27.0. The van der Waals surface area contributed by atoms with Gasteiger partial charge in [0.05, 0.1) is 6.04 Å². The highest BCUT2D eigenvalue weighted by molar-refractivity contribution is 5.37. The largest absolute Gasteiger partial charge is 0.235 e. The summed E-state index contributed by atoms with van der Waals surface area (Å²) in [5.74, 6) is 0. The fourth-order valence-corrected chi connectivity index (χ4v) is 1.20. The molecule has 0 radical (unpaired) electrons. The van der Waals surface area contributed by atoms with Crippen LogP contribution >= 0.6 is 0 Å². The zero-order valence-corrected chi connectivity index (χ0v) is 6.43. The molecule has 2 atom stereocenters. The quantitative estimate of drug-likeness (QED) is 0.343. The molecular formula is C8H8N2O2. The molecular weight excluding hydrogens is 156 g/mol. The first kappa shape index (κ1) is 8.60. The third-order valence-electron chi connectivity index (χ3n) is 1.78. The summed E-state index contributed by atoms with van der Waals surface area (Å²) in [7, 11) is 0. The van der Waals surface area contributed by atoms with E-state index in [1.54, 1.807) is 6.08 Å². The molecule has 62 valence electrons. The van der Waals surface area contributed by atoms with Crippen molar-refractivity contribution < 1.29 is 9.59 Å². The van der Waals surface area contributed by atoms with E-state index in [9.17, 15) is 9.59 Å². The second-order valence-corrected chi connectivity index (χ2v) is 2.50.